The number of ether oxygens (including phenoxy) is 1. The first kappa shape index (κ1) is 13.2. The lowest BCUT2D eigenvalue weighted by atomic mass is 9.99. The fourth-order valence-electron chi connectivity index (χ4n) is 2.73. The third kappa shape index (κ3) is 3.16. The molecular weight excluding hydrogens is 224 g/mol. The van der Waals surface area contributed by atoms with E-state index >= 15 is 0 Å². The third-order valence-electron chi connectivity index (χ3n) is 3.44. The third-order valence-corrected chi connectivity index (χ3v) is 3.44. The lowest BCUT2D eigenvalue weighted by molar-refractivity contribution is -0.0337. The first-order chi connectivity index (χ1) is 8.56. The second-order valence-corrected chi connectivity index (χ2v) is 5.48. The minimum absolute atomic E-state index is 0.345. The van der Waals surface area contributed by atoms with Crippen molar-refractivity contribution in [2.75, 3.05) is 24.3 Å². The molecule has 1 N–H and O–H groups in total. The van der Waals surface area contributed by atoms with Gasteiger partial charge in [0.25, 0.3) is 0 Å². The first-order valence-corrected chi connectivity index (χ1v) is 6.74. The molecule has 0 bridgehead atoms. The Bertz CT molecular complexity index is 382. The maximum atomic E-state index is 5.78. The van der Waals surface area contributed by atoms with Crippen LogP contribution in [0.1, 0.15) is 26.7 Å². The Kier molecular flexibility index (Phi) is 4.12. The minimum atomic E-state index is 0.345. The summed E-state index contributed by atoms with van der Waals surface area (Å²) in [6.07, 6.45) is 2.84. The van der Waals surface area contributed by atoms with Crippen molar-refractivity contribution >= 4 is 11.4 Å². The van der Waals surface area contributed by atoms with Crippen LogP contribution in [0.3, 0.4) is 0 Å². The van der Waals surface area contributed by atoms with Crippen LogP contribution in [0.2, 0.25) is 0 Å². The lowest BCUT2D eigenvalue weighted by Gasteiger charge is -2.34. The maximum Gasteiger partial charge on any atom is 0.0596 e. The van der Waals surface area contributed by atoms with Gasteiger partial charge >= 0.3 is 0 Å². The molecule has 0 aromatic heterocycles. The zero-order valence-electron chi connectivity index (χ0n) is 11.8. The highest BCUT2D eigenvalue weighted by Crippen LogP contribution is 2.28. The van der Waals surface area contributed by atoms with Crippen LogP contribution in [-0.2, 0) is 4.74 Å². The molecule has 0 spiro atoms. The normalized spacial score (nSPS) is 27.9. The molecule has 3 heteroatoms. The minimum Gasteiger partial charge on any atom is -0.380 e. The zero-order chi connectivity index (χ0) is 13.1. The molecule has 2 unspecified atom stereocenters. The molecule has 1 aromatic carbocycles. The van der Waals surface area contributed by atoms with E-state index in [4.69, 9.17) is 4.74 Å². The van der Waals surface area contributed by atoms with E-state index in [2.05, 4.69) is 62.4 Å². The molecule has 1 aliphatic heterocycles. The van der Waals surface area contributed by atoms with Crippen molar-refractivity contribution in [3.63, 3.8) is 0 Å². The number of anilines is 2. The predicted molar refractivity (Wildman–Crippen MR) is 77.4 cm³/mol. The quantitative estimate of drug-likeness (QED) is 0.889. The molecule has 2 rings (SSSR count). The summed E-state index contributed by atoms with van der Waals surface area (Å²) in [6.45, 7) is 4.31. The summed E-state index contributed by atoms with van der Waals surface area (Å²) in [7, 11) is 4.16. The topological polar surface area (TPSA) is 24.5 Å². The summed E-state index contributed by atoms with van der Waals surface area (Å²) in [6, 6.07) is 8.97. The van der Waals surface area contributed by atoms with Gasteiger partial charge in [-0.05, 0) is 38.8 Å². The van der Waals surface area contributed by atoms with Crippen LogP contribution in [0.25, 0.3) is 0 Å². The first-order valence-electron chi connectivity index (χ1n) is 6.74. The van der Waals surface area contributed by atoms with Gasteiger partial charge in [0.2, 0.25) is 0 Å². The highest BCUT2D eigenvalue weighted by molar-refractivity contribution is 5.69. The molecule has 18 heavy (non-hydrogen) atoms. The number of hydrogen-bond donors (Lipinski definition) is 1. The van der Waals surface area contributed by atoms with E-state index in [9.17, 15) is 0 Å². The van der Waals surface area contributed by atoms with Gasteiger partial charge < -0.3 is 15.0 Å². The van der Waals surface area contributed by atoms with E-state index in [1.54, 1.807) is 0 Å². The van der Waals surface area contributed by atoms with Gasteiger partial charge in [0.1, 0.15) is 0 Å². The number of rotatable bonds is 3. The summed E-state index contributed by atoms with van der Waals surface area (Å²) < 4.78 is 5.78. The molecule has 1 aliphatic rings. The molecule has 1 aromatic rings. The van der Waals surface area contributed by atoms with Gasteiger partial charge in [-0.1, -0.05) is 12.1 Å². The molecule has 1 heterocycles. The van der Waals surface area contributed by atoms with E-state index in [0.717, 1.165) is 12.8 Å². The van der Waals surface area contributed by atoms with Crippen molar-refractivity contribution in [1.29, 1.82) is 0 Å². The number of benzene rings is 1. The van der Waals surface area contributed by atoms with E-state index in [0.29, 0.717) is 18.2 Å². The number of hydrogen-bond acceptors (Lipinski definition) is 3. The van der Waals surface area contributed by atoms with E-state index in [1.807, 2.05) is 0 Å². The maximum absolute atomic E-state index is 5.78. The molecule has 3 nitrogen and oxygen atoms in total. The smallest absolute Gasteiger partial charge is 0.0596 e. The van der Waals surface area contributed by atoms with Gasteiger partial charge in [0, 0.05) is 20.1 Å². The van der Waals surface area contributed by atoms with Crippen LogP contribution in [0.4, 0.5) is 11.4 Å². The SMILES string of the molecule is CC1CC(Nc2ccccc2N(C)C)CC(C)O1. The van der Waals surface area contributed by atoms with Gasteiger partial charge in [0.15, 0.2) is 0 Å². The molecular formula is C15H24N2O. The number of nitrogens with one attached hydrogen (secondary N) is 1. The van der Waals surface area contributed by atoms with Crippen LogP contribution < -0.4 is 10.2 Å². The largest absolute Gasteiger partial charge is 0.380 e. The fourth-order valence-corrected chi connectivity index (χ4v) is 2.73. The summed E-state index contributed by atoms with van der Waals surface area (Å²) in [5.74, 6) is 0. The second kappa shape index (κ2) is 5.61. The molecule has 0 aliphatic carbocycles. The molecule has 0 amide bonds. The van der Waals surface area contributed by atoms with Crippen molar-refractivity contribution in [3.05, 3.63) is 24.3 Å². The highest BCUT2D eigenvalue weighted by Gasteiger charge is 2.24. The van der Waals surface area contributed by atoms with Crippen molar-refractivity contribution < 1.29 is 4.74 Å². The van der Waals surface area contributed by atoms with Crippen LogP contribution in [0.15, 0.2) is 24.3 Å². The average Bonchev–Trinajstić information content (AvgIpc) is 2.27. The number of para-hydroxylation sites is 2. The molecule has 1 fully saturated rings. The highest BCUT2D eigenvalue weighted by atomic mass is 16.5. The van der Waals surface area contributed by atoms with Gasteiger partial charge in [-0.25, -0.2) is 0 Å². The molecule has 0 saturated carbocycles. The van der Waals surface area contributed by atoms with Gasteiger partial charge in [0.05, 0.1) is 23.6 Å². The van der Waals surface area contributed by atoms with Crippen molar-refractivity contribution in [2.45, 2.75) is 44.9 Å². The van der Waals surface area contributed by atoms with Gasteiger partial charge in [-0.2, -0.15) is 0 Å². The Labute approximate surface area is 110 Å². The van der Waals surface area contributed by atoms with E-state index in [1.165, 1.54) is 11.4 Å². The Morgan fingerprint density at radius 2 is 1.72 bits per heavy atom. The monoisotopic (exact) mass is 248 g/mol. The number of nitrogens with zero attached hydrogens (tertiary/aromatic N) is 1. The van der Waals surface area contributed by atoms with Gasteiger partial charge in [-0.3, -0.25) is 0 Å². The lowest BCUT2D eigenvalue weighted by Crippen LogP contribution is -2.37. The Morgan fingerprint density at radius 3 is 2.33 bits per heavy atom. The van der Waals surface area contributed by atoms with E-state index < -0.39 is 0 Å². The standard InChI is InChI=1S/C15H24N2O/c1-11-9-13(10-12(2)18-11)16-14-7-5-6-8-15(14)17(3)4/h5-8,11-13,16H,9-10H2,1-4H3. The van der Waals surface area contributed by atoms with Crippen molar-refractivity contribution in [2.24, 2.45) is 0 Å². The van der Waals surface area contributed by atoms with Crippen LogP contribution in [0, 0.1) is 0 Å². The van der Waals surface area contributed by atoms with Gasteiger partial charge in [-0.15, -0.1) is 0 Å². The fraction of sp³-hybridized carbons (Fsp3) is 0.600. The Balaban J connectivity index is 2.09. The molecule has 2 atom stereocenters. The van der Waals surface area contributed by atoms with Crippen LogP contribution >= 0.6 is 0 Å². The second-order valence-electron chi connectivity index (χ2n) is 5.48. The summed E-state index contributed by atoms with van der Waals surface area (Å²) in [5.41, 5.74) is 2.46. The molecule has 1 saturated heterocycles. The Morgan fingerprint density at radius 1 is 1.11 bits per heavy atom. The zero-order valence-corrected chi connectivity index (χ0v) is 11.8. The summed E-state index contributed by atoms with van der Waals surface area (Å²) >= 11 is 0. The van der Waals surface area contributed by atoms with Crippen molar-refractivity contribution in [1.82, 2.24) is 0 Å². The van der Waals surface area contributed by atoms with Crippen molar-refractivity contribution in [3.8, 4) is 0 Å². The summed E-state index contributed by atoms with van der Waals surface area (Å²) in [4.78, 5) is 2.15. The van der Waals surface area contributed by atoms with E-state index in [-0.39, 0.29) is 0 Å². The molecule has 100 valence electrons. The summed E-state index contributed by atoms with van der Waals surface area (Å²) in [5, 5.41) is 3.67. The predicted octanol–water partition coefficient (Wildman–Crippen LogP) is 3.12. The molecule has 0 radical (unpaired) electrons. The van der Waals surface area contributed by atoms with Crippen LogP contribution in [0.5, 0.6) is 0 Å². The Hall–Kier alpha value is -1.22. The van der Waals surface area contributed by atoms with Crippen LogP contribution in [-0.4, -0.2) is 32.3 Å². The average molecular weight is 248 g/mol.